The number of aromatic hydroxyl groups is 2. The number of nitrogens with one attached hydrogen (secondary N) is 1. The molecule has 3 heterocycles. The number of ketones is 1. The van der Waals surface area contributed by atoms with Crippen LogP contribution in [0.2, 0.25) is 0 Å². The predicted molar refractivity (Wildman–Crippen MR) is 201 cm³/mol. The highest BCUT2D eigenvalue weighted by Gasteiger charge is 2.49. The predicted octanol–water partition coefficient (Wildman–Crippen LogP) is 5.15. The SMILES string of the molecule is CO[C@H]1/C=C/O[C@@]2(C)Oc3c(C)c(O)c4c(O)c(c5sc(CO)nc5c4c3C2=O)NC(=O)/C(C)=C\C=C\[C@H](C)[C@H](O)[C@@H](C)[C@@H](O)[C@@H](C)[C@H](OC(C)=O)[C@@H]1C. The second-order valence-corrected chi connectivity index (χ2v) is 15.4. The number of phenols is 2. The Balaban J connectivity index is 1.71. The second kappa shape index (κ2) is 15.7. The number of carbonyl (C=O) groups excluding carboxylic acids is 3. The molecule has 1 aromatic heterocycles. The summed E-state index contributed by atoms with van der Waals surface area (Å²) >= 11 is 0.986. The smallest absolute Gasteiger partial charge is 0.312 e. The van der Waals surface area contributed by atoms with Crippen LogP contribution in [0.25, 0.3) is 21.0 Å². The molecule has 3 aromatic rings. The van der Waals surface area contributed by atoms with Crippen LogP contribution in [0.15, 0.2) is 36.1 Å². The van der Waals surface area contributed by atoms with Crippen molar-refractivity contribution < 1.29 is 58.9 Å². The average Bonchev–Trinajstić information content (AvgIpc) is 3.68. The molecule has 2 aromatic carbocycles. The molecule has 6 N–H and O–H groups in total. The van der Waals surface area contributed by atoms with Crippen molar-refractivity contribution in [2.45, 2.75) is 92.2 Å². The van der Waals surface area contributed by atoms with E-state index in [9.17, 15) is 39.9 Å². The van der Waals surface area contributed by atoms with Gasteiger partial charge in [0.1, 0.15) is 28.3 Å². The Morgan fingerprint density at radius 2 is 1.70 bits per heavy atom. The molecule has 0 radical (unpaired) electrons. The highest BCUT2D eigenvalue weighted by Crippen LogP contribution is 2.54. The van der Waals surface area contributed by atoms with Gasteiger partial charge >= 0.3 is 11.8 Å². The van der Waals surface area contributed by atoms with E-state index in [2.05, 4.69) is 10.3 Å². The third-order valence-electron chi connectivity index (χ3n) is 10.5. The maximum atomic E-state index is 14.3. The van der Waals surface area contributed by atoms with E-state index >= 15 is 0 Å². The first-order chi connectivity index (χ1) is 25.4. The van der Waals surface area contributed by atoms with Gasteiger partial charge in [-0.15, -0.1) is 11.3 Å². The minimum Gasteiger partial charge on any atom is -0.507 e. The summed E-state index contributed by atoms with van der Waals surface area (Å²) in [5.41, 5.74) is 0.350. The molecular weight excluding hydrogens is 720 g/mol. The topological polar surface area (TPSA) is 214 Å². The summed E-state index contributed by atoms with van der Waals surface area (Å²) in [4.78, 5) is 44.7. The molecule has 0 aliphatic carbocycles. The van der Waals surface area contributed by atoms with E-state index < -0.39 is 89.6 Å². The van der Waals surface area contributed by atoms with E-state index in [0.29, 0.717) is 0 Å². The van der Waals surface area contributed by atoms with Gasteiger partial charge in [-0.2, -0.15) is 0 Å². The lowest BCUT2D eigenvalue weighted by atomic mass is 9.78. The Hall–Kier alpha value is -4.54. The van der Waals surface area contributed by atoms with Gasteiger partial charge in [-0.3, -0.25) is 14.4 Å². The van der Waals surface area contributed by atoms with Crippen LogP contribution in [0.5, 0.6) is 17.2 Å². The molecule has 2 aliphatic heterocycles. The number of aromatic nitrogens is 1. The summed E-state index contributed by atoms with van der Waals surface area (Å²) in [7, 11) is 1.44. The standard InChI is InChI=1S/C39H48N2O12S/c1-16-11-10-12-17(2)38(49)41-29-33(47)26-25(28-36(29)54-24(15-42)40-28)27-35(21(6)32(26)46)53-39(8,37(27)48)51-14-13-23(50-9)18(3)34(52-22(7)43)20(5)31(45)19(4)30(16)44/h10-14,16,18-20,23,30-31,34,42,44-47H,15H2,1-9H3,(H,41,49)/b11-10+,14-13+,17-12-/t16-,18+,19+,20+,23-,30-,31+,34+,39-/m0/s1. The number of benzene rings is 2. The number of allylic oxidation sites excluding steroid dienone is 2. The number of methoxy groups -OCH3 is 1. The zero-order valence-corrected chi connectivity index (χ0v) is 32.5. The molecule has 54 heavy (non-hydrogen) atoms. The number of amides is 1. The average molecular weight is 769 g/mol. The van der Waals surface area contributed by atoms with E-state index in [1.807, 2.05) is 0 Å². The molecular formula is C39H48N2O12S. The summed E-state index contributed by atoms with van der Waals surface area (Å²) in [6, 6.07) is 0. The van der Waals surface area contributed by atoms with Crippen LogP contribution >= 0.6 is 11.3 Å². The van der Waals surface area contributed by atoms with Crippen LogP contribution < -0.4 is 10.1 Å². The molecule has 5 rings (SSSR count). The van der Waals surface area contributed by atoms with Gasteiger partial charge in [-0.05, 0) is 19.9 Å². The molecule has 0 unspecified atom stereocenters. The van der Waals surface area contributed by atoms with Crippen molar-refractivity contribution in [1.82, 2.24) is 4.98 Å². The highest BCUT2D eigenvalue weighted by molar-refractivity contribution is 7.19. The third kappa shape index (κ3) is 7.18. The van der Waals surface area contributed by atoms with Gasteiger partial charge in [0.2, 0.25) is 0 Å². The lowest BCUT2D eigenvalue weighted by Crippen LogP contribution is -2.46. The number of phenolic OH excluding ortho intramolecular Hbond substituents is 2. The van der Waals surface area contributed by atoms with Crippen LogP contribution in [0.1, 0.15) is 69.4 Å². The number of ether oxygens (including phenoxy) is 4. The maximum absolute atomic E-state index is 14.3. The molecule has 0 fully saturated rings. The summed E-state index contributed by atoms with van der Waals surface area (Å²) in [6.45, 7) is 12.2. The molecule has 14 nitrogen and oxygen atoms in total. The van der Waals surface area contributed by atoms with Gasteiger partial charge in [0.05, 0.1) is 52.3 Å². The lowest BCUT2D eigenvalue weighted by Gasteiger charge is -2.38. The molecule has 292 valence electrons. The molecule has 0 saturated heterocycles. The number of nitrogens with zero attached hydrogens (tertiary/aromatic N) is 1. The number of aliphatic hydroxyl groups excluding tert-OH is 3. The molecule has 9 atom stereocenters. The Bertz CT molecular complexity index is 2070. The minimum atomic E-state index is -1.97. The van der Waals surface area contributed by atoms with E-state index in [0.717, 1.165) is 11.3 Å². The number of Topliss-reactive ketones (excluding diaryl/α,β-unsaturated/α-hetero) is 1. The van der Waals surface area contributed by atoms with E-state index in [1.54, 1.807) is 46.8 Å². The van der Waals surface area contributed by atoms with Gasteiger partial charge in [0.15, 0.2) is 5.75 Å². The zero-order valence-electron chi connectivity index (χ0n) is 31.7. The van der Waals surface area contributed by atoms with E-state index in [1.165, 1.54) is 46.3 Å². The van der Waals surface area contributed by atoms with Crippen LogP contribution in [-0.2, 0) is 30.4 Å². The Labute approximate surface area is 316 Å². The fourth-order valence-electron chi connectivity index (χ4n) is 7.23. The Morgan fingerprint density at radius 3 is 2.33 bits per heavy atom. The van der Waals surface area contributed by atoms with Crippen molar-refractivity contribution in [2.24, 2.45) is 23.7 Å². The van der Waals surface area contributed by atoms with Crippen molar-refractivity contribution in [3.63, 3.8) is 0 Å². The number of esters is 1. The zero-order chi connectivity index (χ0) is 40.0. The van der Waals surface area contributed by atoms with Crippen LogP contribution in [-0.4, -0.2) is 85.5 Å². The third-order valence-corrected chi connectivity index (χ3v) is 11.6. The maximum Gasteiger partial charge on any atom is 0.312 e. The van der Waals surface area contributed by atoms with Gasteiger partial charge in [0.25, 0.3) is 11.7 Å². The minimum absolute atomic E-state index is 0.00653. The number of fused-ring (bicyclic) bond motifs is 1. The number of thiazole rings is 1. The first-order valence-corrected chi connectivity index (χ1v) is 18.4. The quantitative estimate of drug-likeness (QED) is 0.150. The van der Waals surface area contributed by atoms with Gasteiger partial charge in [-0.25, -0.2) is 4.98 Å². The van der Waals surface area contributed by atoms with E-state index in [-0.39, 0.29) is 54.1 Å². The van der Waals surface area contributed by atoms with Crippen molar-refractivity contribution in [1.29, 1.82) is 0 Å². The monoisotopic (exact) mass is 768 g/mol. The fourth-order valence-corrected chi connectivity index (χ4v) is 8.17. The van der Waals surface area contributed by atoms with Gasteiger partial charge < -0.3 is 49.8 Å². The Kier molecular flexibility index (Phi) is 11.8. The number of hydrogen-bond donors (Lipinski definition) is 6. The molecule has 2 aliphatic rings. The van der Waals surface area contributed by atoms with Crippen LogP contribution in [0, 0.1) is 30.6 Å². The van der Waals surface area contributed by atoms with Gasteiger partial charge in [-0.1, -0.05) is 45.9 Å². The van der Waals surface area contributed by atoms with Crippen molar-refractivity contribution in [2.75, 3.05) is 12.4 Å². The van der Waals surface area contributed by atoms with E-state index in [4.69, 9.17) is 18.9 Å². The summed E-state index contributed by atoms with van der Waals surface area (Å²) in [5, 5.41) is 58.8. The van der Waals surface area contributed by atoms with Crippen molar-refractivity contribution in [3.8, 4) is 17.2 Å². The first kappa shape index (κ1) is 40.6. The number of aliphatic hydroxyl groups is 3. The lowest BCUT2D eigenvalue weighted by molar-refractivity contribution is -0.160. The Morgan fingerprint density at radius 1 is 1.02 bits per heavy atom. The molecule has 4 bridgehead atoms. The second-order valence-electron chi connectivity index (χ2n) is 14.3. The first-order valence-electron chi connectivity index (χ1n) is 17.6. The van der Waals surface area contributed by atoms with Crippen LogP contribution in [0.3, 0.4) is 0 Å². The molecule has 0 spiro atoms. The fraction of sp³-hybridized carbons (Fsp3) is 0.487. The largest absolute Gasteiger partial charge is 0.507 e. The molecule has 15 heteroatoms. The highest BCUT2D eigenvalue weighted by atomic mass is 32.1. The van der Waals surface area contributed by atoms with Crippen LogP contribution in [0.4, 0.5) is 5.69 Å². The summed E-state index contributed by atoms with van der Waals surface area (Å²) in [5.74, 6) is -7.18. The van der Waals surface area contributed by atoms with Crippen molar-refractivity contribution >= 4 is 55.7 Å². The summed E-state index contributed by atoms with van der Waals surface area (Å²) in [6.07, 6.45) is 3.72. The summed E-state index contributed by atoms with van der Waals surface area (Å²) < 4.78 is 23.8. The normalized spacial score (nSPS) is 31.8. The number of carbonyl (C=O) groups is 3. The number of anilines is 1. The molecule has 1 amide bonds. The van der Waals surface area contributed by atoms with Gasteiger partial charge in [0, 0.05) is 61.2 Å². The van der Waals surface area contributed by atoms with Crippen molar-refractivity contribution in [3.05, 3.63) is 52.3 Å². The number of hydrogen-bond acceptors (Lipinski definition) is 14. The number of rotatable bonds is 3. The molecule has 0 saturated carbocycles.